The average molecular weight is 203 g/mol. The molecular formula is C9H17NO2S. The first-order valence-corrected chi connectivity index (χ1v) is 5.93. The minimum absolute atomic E-state index is 0.253. The van der Waals surface area contributed by atoms with Crippen molar-refractivity contribution in [3.05, 3.63) is 0 Å². The number of hydrogen-bond donors (Lipinski definition) is 1. The third-order valence-electron chi connectivity index (χ3n) is 2.76. The molecule has 4 heteroatoms. The summed E-state index contributed by atoms with van der Waals surface area (Å²) in [6.07, 6.45) is -0.268. The zero-order valence-electron chi connectivity index (χ0n) is 7.98. The molecule has 2 heterocycles. The van der Waals surface area contributed by atoms with Crippen LogP contribution in [0.4, 0.5) is 0 Å². The van der Waals surface area contributed by atoms with Crippen molar-refractivity contribution in [3.8, 4) is 0 Å². The molecule has 3 nitrogen and oxygen atoms in total. The molecule has 3 unspecified atom stereocenters. The standard InChI is InChI=1S/C9H17NO2S/c1-7-4-10(2-3-13-7)8-5-12-6-9(8)11/h7-9,11H,2-6H2,1H3. The molecule has 3 atom stereocenters. The Balaban J connectivity index is 1.91. The maximum Gasteiger partial charge on any atom is 0.0950 e. The summed E-state index contributed by atoms with van der Waals surface area (Å²) in [5.74, 6) is 1.18. The van der Waals surface area contributed by atoms with Crippen molar-refractivity contribution in [1.29, 1.82) is 0 Å². The van der Waals surface area contributed by atoms with Crippen molar-refractivity contribution < 1.29 is 9.84 Å². The molecule has 2 saturated heterocycles. The first-order chi connectivity index (χ1) is 6.27. The fourth-order valence-electron chi connectivity index (χ4n) is 2.03. The topological polar surface area (TPSA) is 32.7 Å². The van der Waals surface area contributed by atoms with E-state index in [1.54, 1.807) is 0 Å². The molecule has 0 saturated carbocycles. The van der Waals surface area contributed by atoms with Gasteiger partial charge in [0, 0.05) is 24.1 Å². The number of ether oxygens (including phenoxy) is 1. The van der Waals surface area contributed by atoms with Gasteiger partial charge in [-0.2, -0.15) is 11.8 Å². The SMILES string of the molecule is CC1CN(C2COCC2O)CCS1. The van der Waals surface area contributed by atoms with Crippen LogP contribution in [-0.2, 0) is 4.74 Å². The monoisotopic (exact) mass is 203 g/mol. The normalized spacial score (nSPS) is 42.5. The van der Waals surface area contributed by atoms with E-state index in [0.717, 1.165) is 13.1 Å². The number of hydrogen-bond acceptors (Lipinski definition) is 4. The molecule has 2 fully saturated rings. The highest BCUT2D eigenvalue weighted by atomic mass is 32.2. The van der Waals surface area contributed by atoms with Crippen LogP contribution in [0, 0.1) is 0 Å². The van der Waals surface area contributed by atoms with E-state index < -0.39 is 0 Å². The second-order valence-electron chi connectivity index (χ2n) is 3.85. The molecule has 76 valence electrons. The minimum Gasteiger partial charge on any atom is -0.389 e. The Morgan fingerprint density at radius 3 is 2.92 bits per heavy atom. The van der Waals surface area contributed by atoms with Gasteiger partial charge in [-0.15, -0.1) is 0 Å². The van der Waals surface area contributed by atoms with Gasteiger partial charge in [-0.05, 0) is 0 Å². The molecular weight excluding hydrogens is 186 g/mol. The summed E-state index contributed by atoms with van der Waals surface area (Å²) in [6.45, 7) is 5.66. The van der Waals surface area contributed by atoms with Crippen molar-refractivity contribution >= 4 is 11.8 Å². The zero-order chi connectivity index (χ0) is 9.26. The van der Waals surface area contributed by atoms with E-state index in [9.17, 15) is 5.11 Å². The molecule has 0 aliphatic carbocycles. The zero-order valence-corrected chi connectivity index (χ0v) is 8.80. The summed E-state index contributed by atoms with van der Waals surface area (Å²) < 4.78 is 5.26. The second-order valence-corrected chi connectivity index (χ2v) is 5.39. The summed E-state index contributed by atoms with van der Waals surface area (Å²) in [6, 6.07) is 0.253. The lowest BCUT2D eigenvalue weighted by Gasteiger charge is -2.35. The smallest absolute Gasteiger partial charge is 0.0950 e. The number of aliphatic hydroxyl groups is 1. The number of thioether (sulfide) groups is 1. The van der Waals surface area contributed by atoms with Gasteiger partial charge in [0.25, 0.3) is 0 Å². The highest BCUT2D eigenvalue weighted by Gasteiger charge is 2.33. The maximum absolute atomic E-state index is 9.65. The van der Waals surface area contributed by atoms with Crippen LogP contribution in [0.2, 0.25) is 0 Å². The van der Waals surface area contributed by atoms with Gasteiger partial charge in [0.1, 0.15) is 0 Å². The Labute approximate surface area is 83.4 Å². The summed E-state index contributed by atoms with van der Waals surface area (Å²) >= 11 is 2.02. The summed E-state index contributed by atoms with van der Waals surface area (Å²) in [4.78, 5) is 2.37. The lowest BCUT2D eigenvalue weighted by Crippen LogP contribution is -2.48. The van der Waals surface area contributed by atoms with Crippen LogP contribution in [0.5, 0.6) is 0 Å². The van der Waals surface area contributed by atoms with Crippen LogP contribution in [0.1, 0.15) is 6.92 Å². The van der Waals surface area contributed by atoms with E-state index in [4.69, 9.17) is 4.74 Å². The van der Waals surface area contributed by atoms with Crippen molar-refractivity contribution in [3.63, 3.8) is 0 Å². The Kier molecular flexibility index (Phi) is 3.14. The Morgan fingerprint density at radius 2 is 2.31 bits per heavy atom. The number of nitrogens with zero attached hydrogens (tertiary/aromatic N) is 1. The van der Waals surface area contributed by atoms with Crippen LogP contribution < -0.4 is 0 Å². The van der Waals surface area contributed by atoms with E-state index in [1.165, 1.54) is 5.75 Å². The molecule has 0 spiro atoms. The van der Waals surface area contributed by atoms with E-state index in [0.29, 0.717) is 18.5 Å². The van der Waals surface area contributed by atoms with Crippen molar-refractivity contribution in [2.45, 2.75) is 24.3 Å². The van der Waals surface area contributed by atoms with Gasteiger partial charge in [-0.3, -0.25) is 4.90 Å². The molecule has 13 heavy (non-hydrogen) atoms. The molecule has 0 bridgehead atoms. The van der Waals surface area contributed by atoms with E-state index >= 15 is 0 Å². The average Bonchev–Trinajstić information content (AvgIpc) is 2.51. The highest BCUT2D eigenvalue weighted by molar-refractivity contribution is 7.99. The Morgan fingerprint density at radius 1 is 1.46 bits per heavy atom. The van der Waals surface area contributed by atoms with Gasteiger partial charge in [0.05, 0.1) is 25.4 Å². The van der Waals surface area contributed by atoms with Crippen LogP contribution in [0.15, 0.2) is 0 Å². The molecule has 2 rings (SSSR count). The van der Waals surface area contributed by atoms with Gasteiger partial charge in [0.15, 0.2) is 0 Å². The quantitative estimate of drug-likeness (QED) is 0.659. The predicted octanol–water partition coefficient (Wildman–Crippen LogP) is 0.183. The van der Waals surface area contributed by atoms with Crippen molar-refractivity contribution in [2.75, 3.05) is 32.1 Å². The Hall–Kier alpha value is 0.230. The molecule has 1 N–H and O–H groups in total. The molecule has 0 aromatic heterocycles. The maximum atomic E-state index is 9.65. The largest absolute Gasteiger partial charge is 0.389 e. The summed E-state index contributed by atoms with van der Waals surface area (Å²) in [5, 5.41) is 10.3. The lowest BCUT2D eigenvalue weighted by molar-refractivity contribution is 0.0846. The summed E-state index contributed by atoms with van der Waals surface area (Å²) in [5.41, 5.74) is 0. The molecule has 2 aliphatic rings. The molecule has 0 radical (unpaired) electrons. The molecule has 0 amide bonds. The van der Waals surface area contributed by atoms with Gasteiger partial charge < -0.3 is 9.84 Å². The van der Waals surface area contributed by atoms with E-state index in [-0.39, 0.29) is 12.1 Å². The summed E-state index contributed by atoms with van der Waals surface area (Å²) in [7, 11) is 0. The third-order valence-corrected chi connectivity index (χ3v) is 3.90. The van der Waals surface area contributed by atoms with Crippen LogP contribution in [0.25, 0.3) is 0 Å². The van der Waals surface area contributed by atoms with Gasteiger partial charge in [-0.25, -0.2) is 0 Å². The molecule has 0 aromatic carbocycles. The first-order valence-electron chi connectivity index (χ1n) is 4.89. The number of aliphatic hydroxyl groups excluding tert-OH is 1. The third kappa shape index (κ3) is 2.18. The molecule has 0 aromatic rings. The van der Waals surface area contributed by atoms with E-state index in [2.05, 4.69) is 11.8 Å². The fourth-order valence-corrected chi connectivity index (χ4v) is 3.07. The minimum atomic E-state index is -0.268. The lowest BCUT2D eigenvalue weighted by atomic mass is 10.1. The predicted molar refractivity (Wildman–Crippen MR) is 54.1 cm³/mol. The number of rotatable bonds is 1. The van der Waals surface area contributed by atoms with Gasteiger partial charge in [-0.1, -0.05) is 6.92 Å². The van der Waals surface area contributed by atoms with Gasteiger partial charge in [0.2, 0.25) is 0 Å². The van der Waals surface area contributed by atoms with Crippen molar-refractivity contribution in [2.24, 2.45) is 0 Å². The van der Waals surface area contributed by atoms with Crippen LogP contribution in [-0.4, -0.2) is 59.5 Å². The van der Waals surface area contributed by atoms with Crippen LogP contribution in [0.3, 0.4) is 0 Å². The molecule has 2 aliphatic heterocycles. The van der Waals surface area contributed by atoms with Crippen molar-refractivity contribution in [1.82, 2.24) is 4.90 Å². The highest BCUT2D eigenvalue weighted by Crippen LogP contribution is 2.22. The fraction of sp³-hybridized carbons (Fsp3) is 1.00. The van der Waals surface area contributed by atoms with Crippen LogP contribution >= 0.6 is 11.8 Å². The second kappa shape index (κ2) is 4.17. The van der Waals surface area contributed by atoms with E-state index in [1.807, 2.05) is 11.8 Å². The Bertz CT molecular complexity index is 179. The van der Waals surface area contributed by atoms with Gasteiger partial charge >= 0.3 is 0 Å². The first kappa shape index (κ1) is 9.77.